The lowest BCUT2D eigenvalue weighted by Crippen LogP contribution is -2.39. The van der Waals surface area contributed by atoms with Gasteiger partial charge in [-0.1, -0.05) is 41.4 Å². The van der Waals surface area contributed by atoms with Crippen LogP contribution in [0.5, 0.6) is 11.5 Å². The van der Waals surface area contributed by atoms with E-state index >= 15 is 0 Å². The summed E-state index contributed by atoms with van der Waals surface area (Å²) in [6, 6.07) is 19.8. The molecule has 4 rings (SSSR count). The van der Waals surface area contributed by atoms with E-state index in [1.54, 1.807) is 42.5 Å². The number of nitrogens with zero attached hydrogens (tertiary/aromatic N) is 3. The first-order chi connectivity index (χ1) is 19.6. The molecule has 0 unspecified atom stereocenters. The standard InChI is InChI=1S/C29H28Cl2N4O5S/c1-19-14-21(20(2)35(19)22-10-12-25(30)26(31)15-22)17-32-33-29(36)18-34(41(37,38)24-8-6-5-7-9-24)27-16-23(39-3)11-13-28(27)40-4/h5-17H,18H2,1-4H3,(H,33,36)/b32-17+. The van der Waals surface area contributed by atoms with Crippen LogP contribution in [0.2, 0.25) is 10.0 Å². The van der Waals surface area contributed by atoms with Crippen LogP contribution in [0.1, 0.15) is 17.0 Å². The van der Waals surface area contributed by atoms with Crippen LogP contribution in [-0.2, 0) is 14.8 Å². The SMILES string of the molecule is COc1ccc(OC)c(N(CC(=O)N/N=C/c2cc(C)n(-c3ccc(Cl)c(Cl)c3)c2C)S(=O)(=O)c2ccccc2)c1. The van der Waals surface area contributed by atoms with Gasteiger partial charge < -0.3 is 14.0 Å². The first-order valence-corrected chi connectivity index (χ1v) is 14.5. The Kier molecular flexibility index (Phi) is 9.27. The highest BCUT2D eigenvalue weighted by molar-refractivity contribution is 7.92. The maximum Gasteiger partial charge on any atom is 0.264 e. The Balaban J connectivity index is 1.61. The van der Waals surface area contributed by atoms with Crippen molar-refractivity contribution in [3.8, 4) is 17.2 Å². The number of hydrogen-bond donors (Lipinski definition) is 1. The van der Waals surface area contributed by atoms with Gasteiger partial charge >= 0.3 is 0 Å². The van der Waals surface area contributed by atoms with Crippen LogP contribution in [0.15, 0.2) is 82.8 Å². The van der Waals surface area contributed by atoms with Gasteiger partial charge in [0.25, 0.3) is 15.9 Å². The molecule has 0 spiro atoms. The molecule has 4 aromatic rings. The zero-order valence-corrected chi connectivity index (χ0v) is 25.1. The van der Waals surface area contributed by atoms with Crippen LogP contribution in [0.4, 0.5) is 5.69 Å². The molecular weight excluding hydrogens is 587 g/mol. The Hall–Kier alpha value is -3.99. The second-order valence-corrected chi connectivity index (χ2v) is 11.6. The number of methoxy groups -OCH3 is 2. The van der Waals surface area contributed by atoms with E-state index in [0.29, 0.717) is 15.8 Å². The predicted octanol–water partition coefficient (Wildman–Crippen LogP) is 5.76. The van der Waals surface area contributed by atoms with Gasteiger partial charge in [-0.2, -0.15) is 5.10 Å². The third-order valence-electron chi connectivity index (χ3n) is 6.30. The van der Waals surface area contributed by atoms with Crippen molar-refractivity contribution in [3.05, 3.63) is 99.8 Å². The number of benzene rings is 3. The van der Waals surface area contributed by atoms with Crippen molar-refractivity contribution in [2.45, 2.75) is 18.7 Å². The lowest BCUT2D eigenvalue weighted by atomic mass is 10.2. The van der Waals surface area contributed by atoms with Crippen molar-refractivity contribution >= 4 is 51.0 Å². The van der Waals surface area contributed by atoms with Gasteiger partial charge in [-0.3, -0.25) is 9.10 Å². The number of carbonyl (C=O) groups is 1. The number of ether oxygens (including phenoxy) is 2. The molecule has 12 heteroatoms. The average molecular weight is 616 g/mol. The molecule has 1 N–H and O–H groups in total. The minimum absolute atomic E-state index is 0.0101. The maximum absolute atomic E-state index is 13.7. The fraction of sp³-hybridized carbons (Fsp3) is 0.172. The fourth-order valence-electron chi connectivity index (χ4n) is 4.29. The summed E-state index contributed by atoms with van der Waals surface area (Å²) >= 11 is 12.3. The molecular formula is C29H28Cl2N4O5S. The monoisotopic (exact) mass is 614 g/mol. The number of aromatic nitrogens is 1. The fourth-order valence-corrected chi connectivity index (χ4v) is 6.03. The summed E-state index contributed by atoms with van der Waals surface area (Å²) in [5.74, 6) is -0.0231. The van der Waals surface area contributed by atoms with Crippen LogP contribution in [0.3, 0.4) is 0 Å². The van der Waals surface area contributed by atoms with Crippen LogP contribution < -0.4 is 19.2 Å². The summed E-state index contributed by atoms with van der Waals surface area (Å²) in [6.45, 7) is 3.27. The number of sulfonamides is 1. The Labute approximate surface area is 249 Å². The number of aryl methyl sites for hydroxylation is 1. The highest BCUT2D eigenvalue weighted by Crippen LogP contribution is 2.35. The lowest BCUT2D eigenvalue weighted by molar-refractivity contribution is -0.119. The molecule has 0 saturated heterocycles. The van der Waals surface area contributed by atoms with Crippen LogP contribution in [0, 0.1) is 13.8 Å². The highest BCUT2D eigenvalue weighted by atomic mass is 35.5. The number of hydrogen-bond acceptors (Lipinski definition) is 6. The zero-order chi connectivity index (χ0) is 29.7. The van der Waals surface area contributed by atoms with Gasteiger partial charge in [0.1, 0.15) is 18.0 Å². The van der Waals surface area contributed by atoms with Crippen molar-refractivity contribution in [2.24, 2.45) is 5.10 Å². The summed E-state index contributed by atoms with van der Waals surface area (Å²) < 4.78 is 41.0. The van der Waals surface area contributed by atoms with Gasteiger partial charge in [0.2, 0.25) is 0 Å². The Morgan fingerprint density at radius 3 is 2.37 bits per heavy atom. The van der Waals surface area contributed by atoms with Gasteiger partial charge in [0, 0.05) is 28.7 Å². The number of hydrazone groups is 1. The molecule has 0 saturated carbocycles. The molecule has 1 amide bonds. The number of halogens is 2. The molecule has 0 aliphatic heterocycles. The largest absolute Gasteiger partial charge is 0.497 e. The first kappa shape index (κ1) is 30.0. The molecule has 0 fully saturated rings. The molecule has 41 heavy (non-hydrogen) atoms. The smallest absolute Gasteiger partial charge is 0.264 e. The third-order valence-corrected chi connectivity index (χ3v) is 8.81. The normalized spacial score (nSPS) is 11.5. The van der Waals surface area contributed by atoms with Gasteiger partial charge in [0.15, 0.2) is 0 Å². The second-order valence-electron chi connectivity index (χ2n) is 8.92. The Morgan fingerprint density at radius 2 is 1.71 bits per heavy atom. The molecule has 0 bridgehead atoms. The molecule has 3 aromatic carbocycles. The van der Waals surface area contributed by atoms with E-state index in [1.807, 2.05) is 30.5 Å². The maximum atomic E-state index is 13.7. The van der Waals surface area contributed by atoms with Crippen molar-refractivity contribution < 1.29 is 22.7 Å². The minimum Gasteiger partial charge on any atom is -0.497 e. The van der Waals surface area contributed by atoms with E-state index in [4.69, 9.17) is 32.7 Å². The average Bonchev–Trinajstić information content (AvgIpc) is 3.25. The van der Waals surface area contributed by atoms with Crippen LogP contribution in [0.25, 0.3) is 5.69 Å². The Bertz CT molecular complexity index is 1710. The second kappa shape index (κ2) is 12.7. The van der Waals surface area contributed by atoms with E-state index < -0.39 is 22.5 Å². The summed E-state index contributed by atoms with van der Waals surface area (Å²) in [5.41, 5.74) is 5.92. The van der Waals surface area contributed by atoms with Gasteiger partial charge in [-0.15, -0.1) is 0 Å². The van der Waals surface area contributed by atoms with Crippen molar-refractivity contribution in [1.29, 1.82) is 0 Å². The topological polar surface area (TPSA) is 102 Å². The number of anilines is 1. The van der Waals surface area contributed by atoms with E-state index in [1.165, 1.54) is 38.6 Å². The summed E-state index contributed by atoms with van der Waals surface area (Å²) in [7, 11) is -1.29. The number of carbonyl (C=O) groups excluding carboxylic acids is 1. The zero-order valence-electron chi connectivity index (χ0n) is 22.8. The number of amides is 1. The molecule has 0 aliphatic rings. The van der Waals surface area contributed by atoms with E-state index in [2.05, 4.69) is 10.5 Å². The van der Waals surface area contributed by atoms with Gasteiger partial charge in [-0.05, 0) is 62.4 Å². The molecule has 1 heterocycles. The van der Waals surface area contributed by atoms with E-state index in [9.17, 15) is 13.2 Å². The van der Waals surface area contributed by atoms with Crippen molar-refractivity contribution in [3.63, 3.8) is 0 Å². The number of rotatable bonds is 10. The lowest BCUT2D eigenvalue weighted by Gasteiger charge is -2.25. The number of nitrogens with one attached hydrogen (secondary N) is 1. The third kappa shape index (κ3) is 6.51. The quantitative estimate of drug-likeness (QED) is 0.181. The first-order valence-electron chi connectivity index (χ1n) is 12.3. The van der Waals surface area contributed by atoms with E-state index in [-0.39, 0.29) is 16.3 Å². The summed E-state index contributed by atoms with van der Waals surface area (Å²) in [6.07, 6.45) is 1.50. The molecule has 214 valence electrons. The minimum atomic E-state index is -4.17. The molecule has 0 radical (unpaired) electrons. The van der Waals surface area contributed by atoms with Crippen LogP contribution in [-0.4, -0.2) is 45.9 Å². The van der Waals surface area contributed by atoms with Gasteiger partial charge in [-0.25, -0.2) is 13.8 Å². The molecule has 9 nitrogen and oxygen atoms in total. The summed E-state index contributed by atoms with van der Waals surface area (Å²) in [4.78, 5) is 13.1. The van der Waals surface area contributed by atoms with E-state index in [0.717, 1.165) is 26.9 Å². The predicted molar refractivity (Wildman–Crippen MR) is 162 cm³/mol. The molecule has 0 aliphatic carbocycles. The molecule has 0 atom stereocenters. The van der Waals surface area contributed by atoms with Crippen molar-refractivity contribution in [1.82, 2.24) is 9.99 Å². The van der Waals surface area contributed by atoms with Gasteiger partial charge in [0.05, 0.1) is 41.1 Å². The highest BCUT2D eigenvalue weighted by Gasteiger charge is 2.30. The summed E-state index contributed by atoms with van der Waals surface area (Å²) in [5, 5.41) is 4.99. The molecule has 1 aromatic heterocycles. The van der Waals surface area contributed by atoms with Crippen LogP contribution >= 0.6 is 23.2 Å². The van der Waals surface area contributed by atoms with Crippen molar-refractivity contribution in [2.75, 3.05) is 25.1 Å². The Morgan fingerprint density at radius 1 is 0.976 bits per heavy atom.